The average Bonchev–Trinajstić information content (AvgIpc) is 0.770. The molecule has 0 spiro atoms. The molecule has 0 amide bonds. The summed E-state index contributed by atoms with van der Waals surface area (Å²) in [4.78, 5) is 71.2. The van der Waals surface area contributed by atoms with Gasteiger partial charge in [-0.15, -0.1) is 0 Å². The van der Waals surface area contributed by atoms with Crippen molar-refractivity contribution in [1.82, 2.24) is 0 Å². The molecular weight excluding hydrogens is 1480 g/mol. The first kappa shape index (κ1) is 111. The zero-order valence-electron chi connectivity index (χ0n) is 77.9. The first-order valence-corrected chi connectivity index (χ1v) is 51.8. The van der Waals surface area contributed by atoms with Crippen molar-refractivity contribution in [3.05, 3.63) is 0 Å². The highest BCUT2D eigenvalue weighted by Crippen LogP contribution is 2.36. The molecule has 0 aliphatic carbocycles. The molecule has 0 aromatic carbocycles. The number of aliphatic hydroxyl groups is 3. The van der Waals surface area contributed by atoms with Crippen molar-refractivity contribution in [2.75, 3.05) is 13.2 Å². The number of ether oxygens (including phenoxy) is 8. The van der Waals surface area contributed by atoms with Crippen molar-refractivity contribution in [3.8, 4) is 0 Å². The summed E-state index contributed by atoms with van der Waals surface area (Å²) in [6, 6.07) is 0. The Morgan fingerprint density at radius 2 is 0.432 bits per heavy atom. The molecule has 0 unspecified atom stereocenters. The van der Waals surface area contributed by atoms with Crippen LogP contribution in [0.4, 0.5) is 0 Å². The largest absolute Gasteiger partial charge is 0.463 e. The normalized spacial score (nSPS) is 19.4. The third kappa shape index (κ3) is 63.9. The quantitative estimate of drug-likeness (QED) is 0.0293. The Morgan fingerprint density at radius 3 is 0.669 bits per heavy atom. The molecule has 0 aromatic heterocycles. The smallest absolute Gasteiger partial charge is 0.306 e. The lowest BCUT2D eigenvalue weighted by Crippen LogP contribution is -2.66. The Labute approximate surface area is 726 Å². The molecule has 0 aromatic rings. The van der Waals surface area contributed by atoms with Crippen molar-refractivity contribution < 1.29 is 77.2 Å². The summed E-state index contributed by atoms with van der Waals surface area (Å²) >= 11 is 0. The van der Waals surface area contributed by atoms with Crippen LogP contribution in [0.3, 0.4) is 0 Å². The lowest BCUT2D eigenvalue weighted by Gasteiger charge is -2.47. The molecule has 10 atom stereocenters. The van der Waals surface area contributed by atoms with Crippen LogP contribution in [-0.2, 0) is 61.9 Å². The van der Waals surface area contributed by atoms with Gasteiger partial charge < -0.3 is 53.2 Å². The van der Waals surface area contributed by atoms with Gasteiger partial charge in [0.15, 0.2) is 37.0 Å². The molecule has 0 bridgehead atoms. The number of hydrogen-bond acceptors (Lipinski definition) is 16. The minimum absolute atomic E-state index is 0.00671. The lowest BCUT2D eigenvalue weighted by molar-refractivity contribution is -0.357. The minimum atomic E-state index is -1.89. The Hall–Kier alpha value is -2.89. The van der Waals surface area contributed by atoms with E-state index in [9.17, 15) is 39.3 Å². The fourth-order valence-electron chi connectivity index (χ4n) is 17.3. The van der Waals surface area contributed by atoms with Crippen LogP contribution in [0.2, 0.25) is 0 Å². The third-order valence-corrected chi connectivity index (χ3v) is 25.1. The Bertz CT molecular complexity index is 2220. The predicted molar refractivity (Wildman–Crippen MR) is 486 cm³/mol. The molecule has 3 N–H and O–H groups in total. The maximum Gasteiger partial charge on any atom is 0.306 e. The van der Waals surface area contributed by atoms with Crippen molar-refractivity contribution >= 4 is 29.8 Å². The van der Waals surface area contributed by atoms with Gasteiger partial charge in [0.1, 0.15) is 31.0 Å². The molecule has 16 nitrogen and oxygen atoms in total. The fraction of sp³-hybridized carbons (Fsp3) is 0.951. The summed E-state index contributed by atoms with van der Waals surface area (Å²) in [5.41, 5.74) is 0. The molecule has 2 rings (SSSR count). The maximum absolute atomic E-state index is 14.5. The first-order chi connectivity index (χ1) is 57.9. The molecular formula is C102H192O16. The monoisotopic (exact) mass is 1670 g/mol. The topological polar surface area (TPSA) is 220 Å². The summed E-state index contributed by atoms with van der Waals surface area (Å²) < 4.78 is 50.9. The number of esters is 5. The van der Waals surface area contributed by atoms with E-state index in [0.29, 0.717) is 32.1 Å². The summed E-state index contributed by atoms with van der Waals surface area (Å²) in [6.45, 7) is 10.0. The molecule has 16 heteroatoms. The van der Waals surface area contributed by atoms with E-state index in [1.54, 1.807) is 0 Å². The van der Waals surface area contributed by atoms with Gasteiger partial charge >= 0.3 is 29.8 Å². The van der Waals surface area contributed by atoms with Crippen LogP contribution in [0.15, 0.2) is 0 Å². The van der Waals surface area contributed by atoms with E-state index in [1.165, 1.54) is 321 Å². The number of carbonyl (C=O) groups is 5. The Balaban J connectivity index is 2.48. The summed E-state index contributed by atoms with van der Waals surface area (Å²) in [5.74, 6) is -3.06. The molecule has 2 aliphatic rings. The molecule has 0 radical (unpaired) electrons. The van der Waals surface area contributed by atoms with E-state index in [2.05, 4.69) is 34.6 Å². The van der Waals surface area contributed by atoms with Gasteiger partial charge in [-0.3, -0.25) is 24.0 Å². The van der Waals surface area contributed by atoms with E-state index in [4.69, 9.17) is 37.9 Å². The standard InChI is InChI=1S/C102H192O16/c1-6-11-16-21-26-31-36-41-46-51-56-61-66-71-76-81-90(104)111-87-89-96(98(115-92(106)83-78-73-68-63-58-53-48-43-38-33-28-23-18-13-8-3)99(101(110)112-89)116-93(107)84-79-74-69-64-59-54-49-44-39-34-29-24-19-14-9-4)118-102-100(117-94(108)85-80-75-70-65-60-55-50-45-40-35-30-25-20-15-10-5)97(95(109)88(86-103)113-102)114-91(105)82-77-72-67-62-57-52-47-42-37-32-27-22-17-12-7-2/h88-89,95-103,109-110H,6-87H2,1-5H3/t88-,89-,95-,96-,97+,98+,99-,100-,101-,102-/m1/s1. The Morgan fingerprint density at radius 1 is 0.229 bits per heavy atom. The van der Waals surface area contributed by atoms with Crippen molar-refractivity contribution in [3.63, 3.8) is 0 Å². The number of unbranched alkanes of at least 4 members (excludes halogenated alkanes) is 70. The van der Waals surface area contributed by atoms with Gasteiger partial charge in [-0.05, 0) is 32.1 Å². The Kier molecular flexibility index (Phi) is 78.8. The molecule has 118 heavy (non-hydrogen) atoms. The van der Waals surface area contributed by atoms with Crippen LogP contribution < -0.4 is 0 Å². The van der Waals surface area contributed by atoms with E-state index in [-0.39, 0.29) is 32.1 Å². The van der Waals surface area contributed by atoms with E-state index in [0.717, 1.165) is 128 Å². The van der Waals surface area contributed by atoms with Gasteiger partial charge in [-0.2, -0.15) is 0 Å². The number of hydrogen-bond donors (Lipinski definition) is 3. The van der Waals surface area contributed by atoms with E-state index in [1.807, 2.05) is 0 Å². The average molecular weight is 1670 g/mol. The molecule has 2 heterocycles. The highest BCUT2D eigenvalue weighted by atomic mass is 16.8. The van der Waals surface area contributed by atoms with Gasteiger partial charge in [-0.25, -0.2) is 0 Å². The van der Waals surface area contributed by atoms with Gasteiger partial charge in [0.25, 0.3) is 0 Å². The molecule has 0 saturated carbocycles. The second kappa shape index (κ2) is 83.6. The highest BCUT2D eigenvalue weighted by molar-refractivity contribution is 5.72. The van der Waals surface area contributed by atoms with Crippen LogP contribution in [0.25, 0.3) is 0 Å². The van der Waals surface area contributed by atoms with Gasteiger partial charge in [-0.1, -0.05) is 484 Å². The second-order valence-electron chi connectivity index (χ2n) is 36.4. The van der Waals surface area contributed by atoms with Crippen molar-refractivity contribution in [2.45, 2.75) is 610 Å². The van der Waals surface area contributed by atoms with Crippen molar-refractivity contribution in [1.29, 1.82) is 0 Å². The number of rotatable bonds is 89. The highest BCUT2D eigenvalue weighted by Gasteiger charge is 2.56. The van der Waals surface area contributed by atoms with Crippen LogP contribution in [0, 0.1) is 0 Å². The summed E-state index contributed by atoms with van der Waals surface area (Å²) in [6.07, 6.45) is 71.2. The van der Waals surface area contributed by atoms with Crippen LogP contribution in [0.5, 0.6) is 0 Å². The van der Waals surface area contributed by atoms with E-state index >= 15 is 0 Å². The zero-order chi connectivity index (χ0) is 85.3. The lowest BCUT2D eigenvalue weighted by atomic mass is 9.96. The van der Waals surface area contributed by atoms with Gasteiger partial charge in [0.05, 0.1) is 6.61 Å². The van der Waals surface area contributed by atoms with Gasteiger partial charge in [0, 0.05) is 32.1 Å². The molecule has 2 fully saturated rings. The molecule has 696 valence electrons. The van der Waals surface area contributed by atoms with Crippen LogP contribution >= 0.6 is 0 Å². The molecule has 2 aliphatic heterocycles. The van der Waals surface area contributed by atoms with E-state index < -0.39 is 104 Å². The first-order valence-electron chi connectivity index (χ1n) is 51.8. The SMILES string of the molecule is CCCCCCCCCCCCCCCCCC(=O)OC[C@H]1O[C@@H](O)[C@H](OC(=O)CCCCCCCCCCCCCCCCC)[C@@H](OC(=O)CCCCCCCCCCCCCCCCC)[C@@H]1O[C@H]1O[C@H](CO)[C@@H](O)[C@H](OC(=O)CCCCCCCCCCCCCCCCC)[C@H]1OC(=O)CCCCCCCCCCCCCCCCC. The fourth-order valence-corrected chi connectivity index (χ4v) is 17.3. The zero-order valence-corrected chi connectivity index (χ0v) is 77.9. The molecule has 2 saturated heterocycles. The second-order valence-corrected chi connectivity index (χ2v) is 36.4. The van der Waals surface area contributed by atoms with Crippen LogP contribution in [-0.4, -0.2) is 120 Å². The summed E-state index contributed by atoms with van der Waals surface area (Å²) in [5, 5.41) is 35.3. The minimum Gasteiger partial charge on any atom is -0.463 e. The predicted octanol–water partition coefficient (Wildman–Crippen LogP) is 28.7. The number of aliphatic hydroxyl groups excluding tert-OH is 3. The van der Waals surface area contributed by atoms with Crippen molar-refractivity contribution in [2.24, 2.45) is 0 Å². The maximum atomic E-state index is 14.5. The summed E-state index contributed by atoms with van der Waals surface area (Å²) in [7, 11) is 0. The van der Waals surface area contributed by atoms with Gasteiger partial charge in [0.2, 0.25) is 0 Å². The third-order valence-electron chi connectivity index (χ3n) is 25.1. The van der Waals surface area contributed by atoms with Crippen LogP contribution in [0.1, 0.15) is 548 Å². The number of carbonyl (C=O) groups excluding carboxylic acids is 5.